The van der Waals surface area contributed by atoms with Gasteiger partial charge < -0.3 is 29.2 Å². The van der Waals surface area contributed by atoms with Crippen molar-refractivity contribution in [2.75, 3.05) is 20.2 Å². The number of aryl methyl sites for hydroxylation is 2. The SMILES string of the molecule is COc1cc(C(=O)N2CCC[C@@H](OC(N)=O)C2)cc2nc(-c3cc4cnn(C)c4n3CC3CC3)n(C)c12. The highest BCUT2D eigenvalue weighted by Crippen LogP contribution is 2.37. The molecule has 1 aromatic carbocycles. The zero-order valence-corrected chi connectivity index (χ0v) is 21.3. The van der Waals surface area contributed by atoms with Crippen molar-refractivity contribution in [2.45, 2.75) is 38.3 Å². The van der Waals surface area contributed by atoms with Crippen LogP contribution in [0.15, 0.2) is 24.4 Å². The molecule has 0 spiro atoms. The van der Waals surface area contributed by atoms with E-state index < -0.39 is 12.2 Å². The number of hydrogen-bond acceptors (Lipinski definition) is 6. The number of nitrogens with zero attached hydrogens (tertiary/aromatic N) is 6. The predicted octanol–water partition coefficient (Wildman–Crippen LogP) is 3.05. The summed E-state index contributed by atoms with van der Waals surface area (Å²) in [6.07, 6.45) is 4.56. The zero-order valence-electron chi connectivity index (χ0n) is 21.3. The molecule has 1 aliphatic carbocycles. The number of carbonyl (C=O) groups excluding carboxylic acids is 2. The Kier molecular flexibility index (Phi) is 5.58. The minimum Gasteiger partial charge on any atom is -0.494 e. The largest absolute Gasteiger partial charge is 0.494 e. The maximum atomic E-state index is 13.5. The summed E-state index contributed by atoms with van der Waals surface area (Å²) < 4.78 is 17.2. The van der Waals surface area contributed by atoms with Gasteiger partial charge in [0.15, 0.2) is 5.82 Å². The fourth-order valence-electron chi connectivity index (χ4n) is 5.53. The number of fused-ring (bicyclic) bond motifs is 2. The summed E-state index contributed by atoms with van der Waals surface area (Å²) in [5.41, 5.74) is 9.28. The van der Waals surface area contributed by atoms with E-state index in [4.69, 9.17) is 20.2 Å². The molecule has 11 heteroatoms. The van der Waals surface area contributed by atoms with Gasteiger partial charge in [0, 0.05) is 38.1 Å². The number of rotatable bonds is 6. The molecule has 2 N–H and O–H groups in total. The first-order valence-corrected chi connectivity index (χ1v) is 12.7. The van der Waals surface area contributed by atoms with E-state index in [1.54, 1.807) is 18.1 Å². The molecule has 2 fully saturated rings. The number of primary amides is 1. The first-order chi connectivity index (χ1) is 17.8. The van der Waals surface area contributed by atoms with Crippen molar-refractivity contribution in [1.29, 1.82) is 0 Å². The number of hydrogen-bond donors (Lipinski definition) is 1. The molecule has 0 unspecified atom stereocenters. The van der Waals surface area contributed by atoms with E-state index in [0.717, 1.165) is 41.0 Å². The van der Waals surface area contributed by atoms with Crippen LogP contribution >= 0.6 is 0 Å². The van der Waals surface area contributed by atoms with Crippen LogP contribution in [0.3, 0.4) is 0 Å². The lowest BCUT2D eigenvalue weighted by Crippen LogP contribution is -2.44. The van der Waals surface area contributed by atoms with Gasteiger partial charge in [-0.15, -0.1) is 0 Å². The highest BCUT2D eigenvalue weighted by atomic mass is 16.6. The highest BCUT2D eigenvalue weighted by Gasteiger charge is 2.29. The second-order valence-corrected chi connectivity index (χ2v) is 10.1. The van der Waals surface area contributed by atoms with Crippen LogP contribution in [0.5, 0.6) is 5.75 Å². The van der Waals surface area contributed by atoms with E-state index in [-0.39, 0.29) is 5.91 Å². The van der Waals surface area contributed by atoms with Gasteiger partial charge >= 0.3 is 6.09 Å². The van der Waals surface area contributed by atoms with E-state index >= 15 is 0 Å². The number of piperidine rings is 1. The van der Waals surface area contributed by atoms with Gasteiger partial charge in [-0.2, -0.15) is 5.10 Å². The number of likely N-dealkylation sites (tertiary alicyclic amines) is 1. The van der Waals surface area contributed by atoms with Crippen LogP contribution in [0.1, 0.15) is 36.0 Å². The summed E-state index contributed by atoms with van der Waals surface area (Å²) in [6.45, 7) is 1.82. The van der Waals surface area contributed by atoms with Crippen molar-refractivity contribution in [3.63, 3.8) is 0 Å². The lowest BCUT2D eigenvalue weighted by atomic mass is 10.1. The third-order valence-corrected chi connectivity index (χ3v) is 7.49. The Morgan fingerprint density at radius 3 is 2.70 bits per heavy atom. The van der Waals surface area contributed by atoms with Gasteiger partial charge in [-0.05, 0) is 49.8 Å². The van der Waals surface area contributed by atoms with Crippen LogP contribution in [-0.2, 0) is 25.4 Å². The third kappa shape index (κ3) is 4.08. The van der Waals surface area contributed by atoms with Gasteiger partial charge in [-0.25, -0.2) is 9.78 Å². The van der Waals surface area contributed by atoms with Crippen LogP contribution in [0.4, 0.5) is 4.79 Å². The second-order valence-electron chi connectivity index (χ2n) is 10.1. The molecule has 0 radical (unpaired) electrons. The Bertz CT molecular complexity index is 1530. The van der Waals surface area contributed by atoms with E-state index in [2.05, 4.69) is 15.7 Å². The van der Waals surface area contributed by atoms with Crippen LogP contribution < -0.4 is 10.5 Å². The van der Waals surface area contributed by atoms with E-state index in [1.165, 1.54) is 12.8 Å². The van der Waals surface area contributed by atoms with Crippen LogP contribution in [0.25, 0.3) is 33.6 Å². The lowest BCUT2D eigenvalue weighted by Gasteiger charge is -2.32. The summed E-state index contributed by atoms with van der Waals surface area (Å²) >= 11 is 0. The average Bonchev–Trinajstić information content (AvgIpc) is 3.40. The van der Waals surface area contributed by atoms with Crippen LogP contribution in [0.2, 0.25) is 0 Å². The molecule has 3 aromatic heterocycles. The van der Waals surface area contributed by atoms with E-state index in [9.17, 15) is 9.59 Å². The fourth-order valence-corrected chi connectivity index (χ4v) is 5.53. The Hall–Kier alpha value is -4.02. The van der Waals surface area contributed by atoms with Gasteiger partial charge in [-0.1, -0.05) is 0 Å². The zero-order chi connectivity index (χ0) is 25.8. The van der Waals surface area contributed by atoms with Crippen molar-refractivity contribution in [3.05, 3.63) is 30.0 Å². The molecule has 2 aliphatic rings. The number of carbonyl (C=O) groups is 2. The Morgan fingerprint density at radius 1 is 1.16 bits per heavy atom. The number of benzene rings is 1. The summed E-state index contributed by atoms with van der Waals surface area (Å²) in [5, 5.41) is 5.51. The number of ether oxygens (including phenoxy) is 2. The Balaban J connectivity index is 1.40. The molecule has 37 heavy (non-hydrogen) atoms. The summed E-state index contributed by atoms with van der Waals surface area (Å²) in [7, 11) is 5.54. The standard InChI is InChI=1S/C26H31N7O4/c1-30-22-19(29-23(30)20-10-17-12-28-31(2)24(17)33(20)13-15-6-7-15)9-16(11-21(22)36-3)25(34)32-8-4-5-18(14-32)37-26(27)35/h9-12,15,18H,4-8,13-14H2,1-3H3,(H2,27,35)/t18-/m1/s1. The lowest BCUT2D eigenvalue weighted by molar-refractivity contribution is 0.0373. The average molecular weight is 506 g/mol. The van der Waals surface area contributed by atoms with Crippen molar-refractivity contribution in [1.82, 2.24) is 28.8 Å². The number of methoxy groups -OCH3 is 1. The molecule has 194 valence electrons. The molecule has 6 rings (SSSR count). The predicted molar refractivity (Wildman–Crippen MR) is 137 cm³/mol. The Labute approximate surface area is 213 Å². The minimum absolute atomic E-state index is 0.154. The number of amides is 2. The smallest absolute Gasteiger partial charge is 0.404 e. The first-order valence-electron chi connectivity index (χ1n) is 12.7. The molecule has 1 aliphatic heterocycles. The summed E-state index contributed by atoms with van der Waals surface area (Å²) in [6, 6.07) is 5.72. The van der Waals surface area contributed by atoms with E-state index in [0.29, 0.717) is 42.3 Å². The number of aromatic nitrogens is 5. The maximum absolute atomic E-state index is 13.5. The minimum atomic E-state index is -0.821. The molecule has 1 saturated carbocycles. The normalized spacial score (nSPS) is 18.0. The molecule has 0 bridgehead atoms. The Morgan fingerprint density at radius 2 is 1.97 bits per heavy atom. The molecule has 1 saturated heterocycles. The van der Waals surface area contributed by atoms with Crippen molar-refractivity contribution < 1.29 is 19.1 Å². The van der Waals surface area contributed by atoms with Gasteiger partial charge in [0.25, 0.3) is 5.91 Å². The first kappa shape index (κ1) is 23.4. The monoisotopic (exact) mass is 505 g/mol. The quantitative estimate of drug-likeness (QED) is 0.430. The fraction of sp³-hybridized carbons (Fsp3) is 0.462. The topological polar surface area (TPSA) is 122 Å². The van der Waals surface area contributed by atoms with Gasteiger partial charge in [-0.3, -0.25) is 9.48 Å². The third-order valence-electron chi connectivity index (χ3n) is 7.49. The second kappa shape index (κ2) is 8.82. The molecule has 4 aromatic rings. The summed E-state index contributed by atoms with van der Waals surface area (Å²) in [5.74, 6) is 1.90. The van der Waals surface area contributed by atoms with Gasteiger partial charge in [0.05, 0.1) is 31.1 Å². The van der Waals surface area contributed by atoms with Crippen LogP contribution in [-0.4, -0.2) is 67.1 Å². The van der Waals surface area contributed by atoms with Gasteiger partial charge in [0.1, 0.15) is 23.0 Å². The van der Waals surface area contributed by atoms with Crippen molar-refractivity contribution in [2.24, 2.45) is 25.7 Å². The number of imidazole rings is 1. The molecular formula is C26H31N7O4. The molecule has 4 heterocycles. The highest BCUT2D eigenvalue weighted by molar-refractivity contribution is 6.00. The van der Waals surface area contributed by atoms with Crippen molar-refractivity contribution >= 4 is 34.1 Å². The molecule has 1 atom stereocenters. The van der Waals surface area contributed by atoms with Crippen LogP contribution in [0, 0.1) is 5.92 Å². The maximum Gasteiger partial charge on any atom is 0.404 e. The molecule has 11 nitrogen and oxygen atoms in total. The number of nitrogens with two attached hydrogens (primary N) is 1. The molecular weight excluding hydrogens is 474 g/mol. The molecule has 2 amide bonds. The van der Waals surface area contributed by atoms with Crippen molar-refractivity contribution in [3.8, 4) is 17.3 Å². The van der Waals surface area contributed by atoms with Gasteiger partial charge in [0.2, 0.25) is 0 Å². The summed E-state index contributed by atoms with van der Waals surface area (Å²) in [4.78, 5) is 31.4. The van der Waals surface area contributed by atoms with E-state index in [1.807, 2.05) is 35.6 Å².